The second-order valence-corrected chi connectivity index (χ2v) is 9.19. The Hall–Kier alpha value is -4.36. The lowest BCUT2D eigenvalue weighted by atomic mass is 10.2. The van der Waals surface area contributed by atoms with Crippen molar-refractivity contribution in [2.45, 2.75) is 11.8 Å². The number of azo groups is 1. The van der Waals surface area contributed by atoms with Crippen molar-refractivity contribution in [1.29, 1.82) is 0 Å². The molecule has 0 spiro atoms. The van der Waals surface area contributed by atoms with E-state index in [1.807, 2.05) is 0 Å². The molecule has 2 heterocycles. The van der Waals surface area contributed by atoms with E-state index in [2.05, 4.69) is 30.0 Å². The molecule has 0 fully saturated rings. The number of hydrogen-bond donors (Lipinski definition) is 3. The summed E-state index contributed by atoms with van der Waals surface area (Å²) in [6, 6.07) is 10.9. The minimum Gasteiger partial charge on any atom is -0.506 e. The third-order valence-electron chi connectivity index (χ3n) is 4.64. The Morgan fingerprint density at radius 3 is 2.46 bits per heavy atom. The molecule has 0 aliphatic rings. The van der Waals surface area contributed by atoms with Crippen LogP contribution in [0.3, 0.4) is 0 Å². The zero-order valence-electron chi connectivity index (χ0n) is 17.9. The van der Waals surface area contributed by atoms with Crippen LogP contribution >= 0.6 is 11.6 Å². The third kappa shape index (κ3) is 5.10. The van der Waals surface area contributed by atoms with Gasteiger partial charge in [-0.2, -0.15) is 4.68 Å². The lowest BCUT2D eigenvalue weighted by molar-refractivity contribution is 0.0941. The monoisotopic (exact) mass is 513 g/mol. The summed E-state index contributed by atoms with van der Waals surface area (Å²) >= 11 is 5.83. The summed E-state index contributed by atoms with van der Waals surface area (Å²) < 4.78 is 27.9. The minimum absolute atomic E-state index is 0.101. The molecule has 0 bridgehead atoms. The molecule has 4 rings (SSSR count). The van der Waals surface area contributed by atoms with Crippen LogP contribution in [0.1, 0.15) is 16.1 Å². The van der Waals surface area contributed by atoms with Crippen molar-refractivity contribution in [1.82, 2.24) is 19.7 Å². The molecule has 0 unspecified atom stereocenters. The summed E-state index contributed by atoms with van der Waals surface area (Å²) in [5.41, 5.74) is -0.532. The molecule has 2 aromatic carbocycles. The molecule has 4 aromatic rings. The highest BCUT2D eigenvalue weighted by molar-refractivity contribution is 7.92. The van der Waals surface area contributed by atoms with Crippen LogP contribution in [0.2, 0.25) is 5.02 Å². The number of phenols is 1. The highest BCUT2D eigenvalue weighted by Crippen LogP contribution is 2.31. The van der Waals surface area contributed by atoms with Gasteiger partial charge in [0.25, 0.3) is 15.9 Å². The van der Waals surface area contributed by atoms with E-state index in [-0.39, 0.29) is 33.5 Å². The van der Waals surface area contributed by atoms with Crippen LogP contribution in [0, 0.1) is 6.92 Å². The molecule has 0 aliphatic carbocycles. The lowest BCUT2D eigenvalue weighted by Crippen LogP contribution is -2.25. The van der Waals surface area contributed by atoms with E-state index in [0.717, 1.165) is 10.7 Å². The SMILES string of the molecule is Cc1[nH]n(C(=O)c2ccc(Cl)cc2)c(=O)c1N=Nc1ccc(S(=O)(=O)Nc2ncccn2)cc1O. The van der Waals surface area contributed by atoms with E-state index in [1.165, 1.54) is 61.8 Å². The van der Waals surface area contributed by atoms with Crippen LogP contribution in [0.4, 0.5) is 17.3 Å². The van der Waals surface area contributed by atoms with Crippen molar-refractivity contribution in [2.75, 3.05) is 4.72 Å². The highest BCUT2D eigenvalue weighted by atomic mass is 35.5. The smallest absolute Gasteiger partial charge is 0.302 e. The Bertz CT molecular complexity index is 1600. The maximum atomic E-state index is 12.7. The molecule has 0 aliphatic heterocycles. The number of aromatic nitrogens is 4. The van der Waals surface area contributed by atoms with Gasteiger partial charge in [0, 0.05) is 29.0 Å². The Morgan fingerprint density at radius 2 is 1.80 bits per heavy atom. The number of phenolic OH excluding ortho intramolecular Hbond substituents is 1. The molecule has 2 aromatic heterocycles. The van der Waals surface area contributed by atoms with Gasteiger partial charge in [-0.3, -0.25) is 14.7 Å². The van der Waals surface area contributed by atoms with E-state index in [0.29, 0.717) is 5.02 Å². The van der Waals surface area contributed by atoms with Crippen LogP contribution in [0.25, 0.3) is 0 Å². The fraction of sp³-hybridized carbons (Fsp3) is 0.0476. The number of nitrogens with zero attached hydrogens (tertiary/aromatic N) is 5. The van der Waals surface area contributed by atoms with Gasteiger partial charge >= 0.3 is 5.56 Å². The van der Waals surface area contributed by atoms with Crippen molar-refractivity contribution in [2.24, 2.45) is 10.2 Å². The zero-order valence-corrected chi connectivity index (χ0v) is 19.4. The number of nitrogens with one attached hydrogen (secondary N) is 2. The van der Waals surface area contributed by atoms with E-state index in [9.17, 15) is 23.1 Å². The van der Waals surface area contributed by atoms with E-state index < -0.39 is 27.2 Å². The van der Waals surface area contributed by atoms with Gasteiger partial charge in [-0.05, 0) is 49.4 Å². The molecular weight excluding hydrogens is 498 g/mol. The summed E-state index contributed by atoms with van der Waals surface area (Å²) in [5.74, 6) is -1.26. The average Bonchev–Trinajstić information content (AvgIpc) is 3.11. The van der Waals surface area contributed by atoms with Crippen LogP contribution < -0.4 is 10.3 Å². The minimum atomic E-state index is -4.08. The van der Waals surface area contributed by atoms with Gasteiger partial charge in [-0.1, -0.05) is 11.6 Å². The van der Waals surface area contributed by atoms with Gasteiger partial charge in [0.1, 0.15) is 11.4 Å². The van der Waals surface area contributed by atoms with E-state index in [4.69, 9.17) is 11.6 Å². The fourth-order valence-electron chi connectivity index (χ4n) is 2.91. The van der Waals surface area contributed by atoms with Gasteiger partial charge in [-0.25, -0.2) is 23.1 Å². The second kappa shape index (κ2) is 9.48. The van der Waals surface area contributed by atoms with Crippen LogP contribution in [-0.4, -0.2) is 39.2 Å². The molecule has 0 radical (unpaired) electrons. The fourth-order valence-corrected chi connectivity index (χ4v) is 4.01. The molecule has 35 heavy (non-hydrogen) atoms. The molecule has 178 valence electrons. The van der Waals surface area contributed by atoms with E-state index in [1.54, 1.807) is 0 Å². The van der Waals surface area contributed by atoms with Gasteiger partial charge in [-0.15, -0.1) is 10.2 Å². The van der Waals surface area contributed by atoms with Gasteiger partial charge in [0.15, 0.2) is 5.69 Å². The first-order valence-electron chi connectivity index (χ1n) is 9.82. The van der Waals surface area contributed by atoms with Crippen LogP contribution in [0.15, 0.2) is 80.8 Å². The van der Waals surface area contributed by atoms with Gasteiger partial charge in [0.2, 0.25) is 5.95 Å². The number of benzene rings is 2. The number of hydrogen-bond acceptors (Lipinski definition) is 9. The normalized spacial score (nSPS) is 11.6. The van der Waals surface area contributed by atoms with Crippen molar-refractivity contribution < 1.29 is 18.3 Å². The number of halogens is 1. The third-order valence-corrected chi connectivity index (χ3v) is 6.22. The Labute approximate surface area is 203 Å². The first-order valence-corrected chi connectivity index (χ1v) is 11.7. The predicted octanol–water partition coefficient (Wildman–Crippen LogP) is 3.54. The van der Waals surface area contributed by atoms with Crippen molar-refractivity contribution in [3.8, 4) is 5.75 Å². The number of aryl methyl sites for hydroxylation is 1. The summed E-state index contributed by atoms with van der Waals surface area (Å²) in [6.07, 6.45) is 2.73. The average molecular weight is 514 g/mol. The summed E-state index contributed by atoms with van der Waals surface area (Å²) in [5, 5.41) is 21.0. The highest BCUT2D eigenvalue weighted by Gasteiger charge is 2.19. The zero-order chi connectivity index (χ0) is 25.2. The largest absolute Gasteiger partial charge is 0.506 e. The molecule has 3 N–H and O–H groups in total. The van der Waals surface area contributed by atoms with Crippen LogP contribution in [0.5, 0.6) is 5.75 Å². The standard InChI is InChI=1S/C21H16ClN7O5S/c1-12-18(20(32)29(27-12)19(31)13-3-5-14(22)6-4-13)26-25-16-8-7-15(11-17(16)30)35(33,34)28-21-23-9-2-10-24-21/h2-11,27,30H,1H3,(H,23,24,28). The maximum Gasteiger partial charge on any atom is 0.302 e. The molecule has 0 atom stereocenters. The number of aromatic amines is 1. The van der Waals surface area contributed by atoms with Gasteiger partial charge in [0.05, 0.1) is 10.6 Å². The van der Waals surface area contributed by atoms with Crippen molar-refractivity contribution in [3.05, 3.63) is 87.6 Å². The number of H-pyrrole nitrogens is 1. The number of anilines is 1. The molecule has 12 nitrogen and oxygen atoms in total. The number of aromatic hydroxyl groups is 1. The molecule has 0 saturated carbocycles. The Balaban J connectivity index is 1.58. The Kier molecular flexibility index (Phi) is 6.44. The maximum absolute atomic E-state index is 12.7. The van der Waals surface area contributed by atoms with Crippen molar-refractivity contribution in [3.63, 3.8) is 0 Å². The lowest BCUT2D eigenvalue weighted by Gasteiger charge is -2.07. The first-order chi connectivity index (χ1) is 16.7. The molecule has 0 amide bonds. The predicted molar refractivity (Wildman–Crippen MR) is 126 cm³/mol. The quantitative estimate of drug-likeness (QED) is 0.331. The number of sulfonamides is 1. The van der Waals surface area contributed by atoms with Crippen molar-refractivity contribution >= 4 is 44.9 Å². The number of carbonyl (C=O) groups excluding carboxylic acids is 1. The van der Waals surface area contributed by atoms with Crippen LogP contribution in [-0.2, 0) is 10.0 Å². The number of rotatable bonds is 6. The molecular formula is C21H16ClN7O5S. The first kappa shape index (κ1) is 23.8. The summed E-state index contributed by atoms with van der Waals surface area (Å²) in [7, 11) is -4.08. The summed E-state index contributed by atoms with van der Waals surface area (Å²) in [6.45, 7) is 1.52. The molecule has 14 heteroatoms. The van der Waals surface area contributed by atoms with Gasteiger partial charge < -0.3 is 5.11 Å². The Morgan fingerprint density at radius 1 is 1.11 bits per heavy atom. The van der Waals surface area contributed by atoms with E-state index >= 15 is 0 Å². The second-order valence-electron chi connectivity index (χ2n) is 7.07. The molecule has 0 saturated heterocycles. The number of carbonyl (C=O) groups is 1. The topological polar surface area (TPSA) is 172 Å². The summed E-state index contributed by atoms with van der Waals surface area (Å²) in [4.78, 5) is 32.6.